The molecule has 0 saturated heterocycles. The monoisotopic (exact) mass is 295 g/mol. The summed E-state index contributed by atoms with van der Waals surface area (Å²) >= 11 is 0. The predicted molar refractivity (Wildman–Crippen MR) is 84.4 cm³/mol. The third-order valence-corrected chi connectivity index (χ3v) is 3.35. The lowest BCUT2D eigenvalue weighted by Crippen LogP contribution is -1.88. The van der Waals surface area contributed by atoms with Gasteiger partial charge in [-0.2, -0.15) is 0 Å². The topological polar surface area (TPSA) is 91.5 Å². The summed E-state index contributed by atoms with van der Waals surface area (Å²) in [5.74, 6) is -0.0488. The summed E-state index contributed by atoms with van der Waals surface area (Å²) in [6.07, 6.45) is 1.53. The van der Waals surface area contributed by atoms with E-state index in [-0.39, 0.29) is 11.6 Å². The van der Waals surface area contributed by atoms with Crippen LogP contribution in [0, 0.1) is 10.1 Å². The molecule has 3 aromatic rings. The first-order chi connectivity index (χ1) is 10.6. The maximum absolute atomic E-state index is 10.9. The van der Waals surface area contributed by atoms with Crippen molar-refractivity contribution in [3.05, 3.63) is 69.8 Å². The zero-order valence-electron chi connectivity index (χ0n) is 11.6. The van der Waals surface area contributed by atoms with E-state index in [2.05, 4.69) is 9.98 Å². The number of nitrogens with one attached hydrogen (secondary N) is 1. The fourth-order valence-electron chi connectivity index (χ4n) is 2.26. The lowest BCUT2D eigenvalue weighted by atomic mass is 10.1. The maximum atomic E-state index is 10.9. The Morgan fingerprint density at radius 3 is 2.73 bits per heavy atom. The molecular weight excluding hydrogens is 282 g/mol. The first-order valence-corrected chi connectivity index (χ1v) is 6.68. The number of nitro groups is 1. The molecule has 2 aromatic carbocycles. The van der Waals surface area contributed by atoms with E-state index < -0.39 is 4.92 Å². The van der Waals surface area contributed by atoms with Gasteiger partial charge in [-0.25, -0.2) is 0 Å². The molecule has 22 heavy (non-hydrogen) atoms. The number of hydrogen-bond acceptors (Lipinski definition) is 4. The van der Waals surface area contributed by atoms with Crippen molar-refractivity contribution in [2.45, 2.75) is 6.54 Å². The van der Waals surface area contributed by atoms with Crippen LogP contribution >= 0.6 is 0 Å². The van der Waals surface area contributed by atoms with E-state index in [0.717, 1.165) is 5.56 Å². The molecule has 0 unspecified atom stereocenters. The summed E-state index contributed by atoms with van der Waals surface area (Å²) in [6.45, 7) is 0.474. The molecule has 0 aliphatic heterocycles. The molecule has 0 aliphatic carbocycles. The van der Waals surface area contributed by atoms with E-state index in [1.807, 2.05) is 30.3 Å². The van der Waals surface area contributed by atoms with Gasteiger partial charge in [0.1, 0.15) is 0 Å². The number of rotatable bonds is 4. The Bertz CT molecular complexity index is 854. The molecule has 2 N–H and O–H groups in total. The van der Waals surface area contributed by atoms with Crippen LogP contribution in [-0.2, 0) is 6.54 Å². The van der Waals surface area contributed by atoms with Crippen molar-refractivity contribution in [2.24, 2.45) is 4.99 Å². The minimum absolute atomic E-state index is 0.0239. The van der Waals surface area contributed by atoms with Crippen LogP contribution in [0.3, 0.4) is 0 Å². The number of aromatic hydroxyl groups is 1. The Labute approximate surface area is 125 Å². The second kappa shape index (κ2) is 5.69. The summed E-state index contributed by atoms with van der Waals surface area (Å²) in [6, 6.07) is 14.1. The number of non-ortho nitro benzene ring substituents is 1. The number of benzene rings is 2. The molecule has 1 heterocycles. The van der Waals surface area contributed by atoms with Gasteiger partial charge in [-0.15, -0.1) is 0 Å². The number of aromatic amines is 1. The Kier molecular flexibility index (Phi) is 3.57. The molecule has 110 valence electrons. The molecule has 0 atom stereocenters. The SMILES string of the molecule is O=[N+]([O-])c1ccc2[nH]c(O)c(C=NCc3ccccc3)c2c1. The van der Waals surface area contributed by atoms with Crippen molar-refractivity contribution in [1.82, 2.24) is 4.98 Å². The molecule has 3 rings (SSSR count). The number of aliphatic imine (C=N–C) groups is 1. The van der Waals surface area contributed by atoms with Gasteiger partial charge in [0.25, 0.3) is 5.69 Å². The zero-order valence-corrected chi connectivity index (χ0v) is 11.6. The third-order valence-electron chi connectivity index (χ3n) is 3.35. The average molecular weight is 295 g/mol. The van der Waals surface area contributed by atoms with Crippen LogP contribution in [0.2, 0.25) is 0 Å². The number of nitro benzene ring substituents is 1. The second-order valence-electron chi connectivity index (χ2n) is 4.83. The van der Waals surface area contributed by atoms with Gasteiger partial charge >= 0.3 is 0 Å². The highest BCUT2D eigenvalue weighted by atomic mass is 16.6. The van der Waals surface area contributed by atoms with Crippen molar-refractivity contribution in [1.29, 1.82) is 0 Å². The summed E-state index contributed by atoms with van der Waals surface area (Å²) in [7, 11) is 0. The number of fused-ring (bicyclic) bond motifs is 1. The van der Waals surface area contributed by atoms with Gasteiger partial charge in [0, 0.05) is 29.3 Å². The summed E-state index contributed by atoms with van der Waals surface area (Å²) in [4.78, 5) is 17.5. The van der Waals surface area contributed by atoms with Crippen molar-refractivity contribution >= 4 is 22.8 Å². The van der Waals surface area contributed by atoms with Crippen LogP contribution in [0.25, 0.3) is 10.9 Å². The first-order valence-electron chi connectivity index (χ1n) is 6.68. The van der Waals surface area contributed by atoms with Crippen molar-refractivity contribution in [3.63, 3.8) is 0 Å². The predicted octanol–water partition coefficient (Wildman–Crippen LogP) is 3.40. The zero-order chi connectivity index (χ0) is 15.5. The van der Waals surface area contributed by atoms with E-state index in [4.69, 9.17) is 0 Å². The number of hydrogen-bond donors (Lipinski definition) is 2. The van der Waals surface area contributed by atoms with E-state index in [9.17, 15) is 15.2 Å². The third kappa shape index (κ3) is 2.67. The van der Waals surface area contributed by atoms with Gasteiger partial charge in [-0.1, -0.05) is 30.3 Å². The molecule has 0 saturated carbocycles. The van der Waals surface area contributed by atoms with Crippen LogP contribution in [-0.4, -0.2) is 21.2 Å². The minimum Gasteiger partial charge on any atom is -0.494 e. The van der Waals surface area contributed by atoms with Gasteiger partial charge in [-0.3, -0.25) is 15.1 Å². The molecule has 0 amide bonds. The number of nitrogens with zero attached hydrogens (tertiary/aromatic N) is 2. The van der Waals surface area contributed by atoms with Gasteiger partial charge in [0.2, 0.25) is 0 Å². The second-order valence-corrected chi connectivity index (χ2v) is 4.83. The smallest absolute Gasteiger partial charge is 0.270 e. The highest BCUT2D eigenvalue weighted by Crippen LogP contribution is 2.28. The van der Waals surface area contributed by atoms with Crippen molar-refractivity contribution in [2.75, 3.05) is 0 Å². The van der Waals surface area contributed by atoms with Crippen molar-refractivity contribution in [3.8, 4) is 5.88 Å². The lowest BCUT2D eigenvalue weighted by molar-refractivity contribution is -0.384. The highest BCUT2D eigenvalue weighted by molar-refractivity contribution is 6.02. The summed E-state index contributed by atoms with van der Waals surface area (Å²) < 4.78 is 0. The van der Waals surface area contributed by atoms with Crippen LogP contribution < -0.4 is 0 Å². The van der Waals surface area contributed by atoms with Crippen LogP contribution in [0.15, 0.2) is 53.5 Å². The molecule has 6 nitrogen and oxygen atoms in total. The van der Waals surface area contributed by atoms with Gasteiger partial charge in [-0.05, 0) is 11.6 Å². The molecular formula is C16H13N3O3. The normalized spacial score (nSPS) is 11.3. The molecule has 0 radical (unpaired) electrons. The Balaban J connectivity index is 1.94. The number of aromatic nitrogens is 1. The van der Waals surface area contributed by atoms with Crippen LogP contribution in [0.4, 0.5) is 5.69 Å². The Morgan fingerprint density at radius 2 is 2.00 bits per heavy atom. The molecule has 0 spiro atoms. The quantitative estimate of drug-likeness (QED) is 0.439. The minimum atomic E-state index is -0.464. The highest BCUT2D eigenvalue weighted by Gasteiger charge is 2.13. The molecule has 0 fully saturated rings. The summed E-state index contributed by atoms with van der Waals surface area (Å²) in [5, 5.41) is 21.4. The maximum Gasteiger partial charge on any atom is 0.270 e. The lowest BCUT2D eigenvalue weighted by Gasteiger charge is -1.96. The van der Waals surface area contributed by atoms with Crippen molar-refractivity contribution < 1.29 is 10.0 Å². The molecule has 1 aromatic heterocycles. The average Bonchev–Trinajstić information content (AvgIpc) is 2.83. The standard InChI is InChI=1S/C16H13N3O3/c20-16-14(10-17-9-11-4-2-1-3-5-11)13-8-12(19(21)22)6-7-15(13)18-16/h1-8,10,18,20H,9H2. The van der Waals surface area contributed by atoms with E-state index in [1.165, 1.54) is 18.3 Å². The van der Waals surface area contributed by atoms with Crippen LogP contribution in [0.5, 0.6) is 5.88 Å². The Morgan fingerprint density at radius 1 is 1.23 bits per heavy atom. The fraction of sp³-hybridized carbons (Fsp3) is 0.0625. The van der Waals surface area contributed by atoms with Gasteiger partial charge in [0.15, 0.2) is 5.88 Å². The van der Waals surface area contributed by atoms with Crippen LogP contribution in [0.1, 0.15) is 11.1 Å². The van der Waals surface area contributed by atoms with Gasteiger partial charge in [0.05, 0.1) is 17.0 Å². The Hall–Kier alpha value is -3.15. The molecule has 0 aliphatic rings. The summed E-state index contributed by atoms with van der Waals surface area (Å²) in [5.41, 5.74) is 2.10. The fourth-order valence-corrected chi connectivity index (χ4v) is 2.26. The van der Waals surface area contributed by atoms with Gasteiger partial charge < -0.3 is 10.1 Å². The number of H-pyrrole nitrogens is 1. The van der Waals surface area contributed by atoms with E-state index in [1.54, 1.807) is 6.07 Å². The molecule has 0 bridgehead atoms. The first kappa shape index (κ1) is 13.8. The van der Waals surface area contributed by atoms with E-state index in [0.29, 0.717) is 23.0 Å². The van der Waals surface area contributed by atoms with E-state index >= 15 is 0 Å². The largest absolute Gasteiger partial charge is 0.494 e. The molecule has 6 heteroatoms.